The van der Waals surface area contributed by atoms with Crippen LogP contribution in [0.15, 0.2) is 42.6 Å². The van der Waals surface area contributed by atoms with Gasteiger partial charge < -0.3 is 15.4 Å². The number of hydrogen-bond donors (Lipinski definition) is 2. The molecule has 3 rings (SSSR count). The Morgan fingerprint density at radius 3 is 2.80 bits per heavy atom. The van der Waals surface area contributed by atoms with Crippen LogP contribution in [0.5, 0.6) is 0 Å². The molecule has 2 heterocycles. The van der Waals surface area contributed by atoms with Crippen molar-refractivity contribution in [2.24, 2.45) is 0 Å². The molecule has 1 aromatic heterocycles. The summed E-state index contributed by atoms with van der Waals surface area (Å²) < 4.78 is 19.2. The predicted molar refractivity (Wildman–Crippen MR) is 94.2 cm³/mol. The standard InChI is InChI=1S/C19H22FN3O2/c1-21-17-11-14(5-8-22-17)18(24)23-13-19(6-9-25-10-7-19)15-3-2-4-16(20)12-15/h2-5,8,11-12H,6-7,9-10,13H2,1H3,(H,21,22)(H,23,24). The molecule has 6 heteroatoms. The summed E-state index contributed by atoms with van der Waals surface area (Å²) in [5, 5.41) is 5.92. The Bertz CT molecular complexity index is 745. The van der Waals surface area contributed by atoms with Crippen molar-refractivity contribution in [2.75, 3.05) is 32.1 Å². The van der Waals surface area contributed by atoms with Gasteiger partial charge in [0.05, 0.1) is 0 Å². The summed E-state index contributed by atoms with van der Waals surface area (Å²) in [5.41, 5.74) is 1.14. The molecular weight excluding hydrogens is 321 g/mol. The van der Waals surface area contributed by atoms with Gasteiger partial charge in [-0.3, -0.25) is 4.79 Å². The number of nitrogens with zero attached hydrogens (tertiary/aromatic N) is 1. The molecule has 1 fully saturated rings. The van der Waals surface area contributed by atoms with Gasteiger partial charge in [0.15, 0.2) is 0 Å². The van der Waals surface area contributed by atoms with Crippen molar-refractivity contribution < 1.29 is 13.9 Å². The van der Waals surface area contributed by atoms with Crippen molar-refractivity contribution in [1.82, 2.24) is 10.3 Å². The largest absolute Gasteiger partial charge is 0.381 e. The van der Waals surface area contributed by atoms with E-state index in [0.29, 0.717) is 31.1 Å². The first-order valence-electron chi connectivity index (χ1n) is 8.39. The van der Waals surface area contributed by atoms with E-state index in [4.69, 9.17) is 4.74 Å². The fraction of sp³-hybridized carbons (Fsp3) is 0.368. The number of nitrogens with one attached hydrogen (secondary N) is 2. The number of anilines is 1. The highest BCUT2D eigenvalue weighted by Gasteiger charge is 2.35. The Hall–Kier alpha value is -2.47. The lowest BCUT2D eigenvalue weighted by Crippen LogP contribution is -2.44. The molecule has 0 aliphatic carbocycles. The summed E-state index contributed by atoms with van der Waals surface area (Å²) in [5.74, 6) is 0.210. The first-order valence-corrected chi connectivity index (χ1v) is 8.39. The second-order valence-corrected chi connectivity index (χ2v) is 6.27. The molecule has 0 spiro atoms. The number of hydrogen-bond acceptors (Lipinski definition) is 4. The normalized spacial score (nSPS) is 16.2. The molecule has 0 radical (unpaired) electrons. The van der Waals surface area contributed by atoms with Crippen molar-refractivity contribution in [3.63, 3.8) is 0 Å². The van der Waals surface area contributed by atoms with Crippen LogP contribution in [0.3, 0.4) is 0 Å². The Balaban J connectivity index is 1.78. The van der Waals surface area contributed by atoms with Crippen molar-refractivity contribution in [3.05, 3.63) is 59.5 Å². The summed E-state index contributed by atoms with van der Waals surface area (Å²) >= 11 is 0. The highest BCUT2D eigenvalue weighted by atomic mass is 19.1. The molecule has 2 aromatic rings. The number of carbonyl (C=O) groups is 1. The van der Waals surface area contributed by atoms with E-state index in [-0.39, 0.29) is 17.1 Å². The first kappa shape index (κ1) is 17.4. The van der Waals surface area contributed by atoms with E-state index < -0.39 is 0 Å². The highest BCUT2D eigenvalue weighted by molar-refractivity contribution is 5.94. The minimum Gasteiger partial charge on any atom is -0.381 e. The van der Waals surface area contributed by atoms with E-state index in [9.17, 15) is 9.18 Å². The molecule has 1 aliphatic rings. The van der Waals surface area contributed by atoms with Crippen LogP contribution >= 0.6 is 0 Å². The van der Waals surface area contributed by atoms with Gasteiger partial charge in [-0.25, -0.2) is 9.37 Å². The number of benzene rings is 1. The molecule has 1 saturated heterocycles. The quantitative estimate of drug-likeness (QED) is 0.876. The molecule has 132 valence electrons. The van der Waals surface area contributed by atoms with E-state index in [2.05, 4.69) is 15.6 Å². The third-order valence-corrected chi connectivity index (χ3v) is 4.75. The first-order chi connectivity index (χ1) is 12.1. The predicted octanol–water partition coefficient (Wildman–Crippen LogP) is 2.74. The molecular formula is C19H22FN3O2. The molecule has 2 N–H and O–H groups in total. The maximum absolute atomic E-state index is 13.7. The van der Waals surface area contributed by atoms with Crippen molar-refractivity contribution in [1.29, 1.82) is 0 Å². The lowest BCUT2D eigenvalue weighted by Gasteiger charge is -2.38. The molecule has 0 bridgehead atoms. The average molecular weight is 343 g/mol. The molecule has 0 atom stereocenters. The topological polar surface area (TPSA) is 63.2 Å². The fourth-order valence-corrected chi connectivity index (χ4v) is 3.21. The van der Waals surface area contributed by atoms with Crippen LogP contribution in [0.2, 0.25) is 0 Å². The van der Waals surface area contributed by atoms with Gasteiger partial charge in [-0.15, -0.1) is 0 Å². The van der Waals surface area contributed by atoms with E-state index >= 15 is 0 Å². The van der Waals surface area contributed by atoms with Gasteiger partial charge in [0.1, 0.15) is 11.6 Å². The minimum absolute atomic E-state index is 0.166. The van der Waals surface area contributed by atoms with Crippen LogP contribution in [-0.4, -0.2) is 37.7 Å². The number of pyridine rings is 1. The Morgan fingerprint density at radius 2 is 2.08 bits per heavy atom. The van der Waals surface area contributed by atoms with Crippen LogP contribution in [-0.2, 0) is 10.2 Å². The zero-order chi connectivity index (χ0) is 17.7. The Kier molecular flexibility index (Phi) is 5.28. The van der Waals surface area contributed by atoms with Gasteiger partial charge >= 0.3 is 0 Å². The van der Waals surface area contributed by atoms with Crippen molar-refractivity contribution >= 4 is 11.7 Å². The molecule has 5 nitrogen and oxygen atoms in total. The van der Waals surface area contributed by atoms with E-state index in [1.807, 2.05) is 6.07 Å². The molecule has 0 unspecified atom stereocenters. The van der Waals surface area contributed by atoms with Gasteiger partial charge in [-0.05, 0) is 42.7 Å². The average Bonchev–Trinajstić information content (AvgIpc) is 2.67. The summed E-state index contributed by atoms with van der Waals surface area (Å²) in [4.78, 5) is 16.6. The number of halogens is 1. The maximum atomic E-state index is 13.7. The monoisotopic (exact) mass is 343 g/mol. The second-order valence-electron chi connectivity index (χ2n) is 6.27. The van der Waals surface area contributed by atoms with Gasteiger partial charge in [0, 0.05) is 44.0 Å². The smallest absolute Gasteiger partial charge is 0.251 e. The summed E-state index contributed by atoms with van der Waals surface area (Å²) in [6.45, 7) is 1.65. The molecule has 25 heavy (non-hydrogen) atoms. The van der Waals surface area contributed by atoms with Gasteiger partial charge in [-0.1, -0.05) is 12.1 Å². The van der Waals surface area contributed by atoms with Crippen LogP contribution in [0, 0.1) is 5.82 Å². The summed E-state index contributed by atoms with van der Waals surface area (Å²) in [6, 6.07) is 10.0. The number of amides is 1. The van der Waals surface area contributed by atoms with Gasteiger partial charge in [0.25, 0.3) is 5.91 Å². The summed E-state index contributed by atoms with van der Waals surface area (Å²) in [6.07, 6.45) is 3.08. The Morgan fingerprint density at radius 1 is 1.28 bits per heavy atom. The number of aromatic nitrogens is 1. The van der Waals surface area contributed by atoms with Crippen LogP contribution < -0.4 is 10.6 Å². The lowest BCUT2D eigenvalue weighted by molar-refractivity contribution is 0.0486. The molecule has 0 saturated carbocycles. The zero-order valence-corrected chi connectivity index (χ0v) is 14.2. The van der Waals surface area contributed by atoms with Gasteiger partial charge in [-0.2, -0.15) is 0 Å². The van der Waals surface area contributed by atoms with Crippen LogP contribution in [0.1, 0.15) is 28.8 Å². The van der Waals surface area contributed by atoms with Crippen LogP contribution in [0.25, 0.3) is 0 Å². The van der Waals surface area contributed by atoms with Crippen molar-refractivity contribution in [2.45, 2.75) is 18.3 Å². The molecule has 1 aromatic carbocycles. The lowest BCUT2D eigenvalue weighted by atomic mass is 9.74. The van der Waals surface area contributed by atoms with Gasteiger partial charge in [0.2, 0.25) is 0 Å². The third-order valence-electron chi connectivity index (χ3n) is 4.75. The zero-order valence-electron chi connectivity index (χ0n) is 14.2. The van der Waals surface area contributed by atoms with E-state index in [1.54, 1.807) is 37.5 Å². The number of carbonyl (C=O) groups excluding carboxylic acids is 1. The number of rotatable bonds is 5. The number of ether oxygens (including phenoxy) is 1. The fourth-order valence-electron chi connectivity index (χ4n) is 3.21. The molecule has 1 aliphatic heterocycles. The van der Waals surface area contributed by atoms with Crippen molar-refractivity contribution in [3.8, 4) is 0 Å². The SMILES string of the molecule is CNc1cc(C(=O)NCC2(c3cccc(F)c3)CCOCC2)ccn1. The van der Waals surface area contributed by atoms with Crippen LogP contribution in [0.4, 0.5) is 10.2 Å². The summed E-state index contributed by atoms with van der Waals surface area (Å²) in [7, 11) is 1.75. The molecule has 1 amide bonds. The van der Waals surface area contributed by atoms with E-state index in [1.165, 1.54) is 6.07 Å². The van der Waals surface area contributed by atoms with E-state index in [0.717, 1.165) is 18.4 Å². The second kappa shape index (κ2) is 7.61. The minimum atomic E-state index is -0.311. The Labute approximate surface area is 146 Å². The highest BCUT2D eigenvalue weighted by Crippen LogP contribution is 2.34. The maximum Gasteiger partial charge on any atom is 0.251 e. The third kappa shape index (κ3) is 3.96.